The van der Waals surface area contributed by atoms with Crippen LogP contribution in [0.1, 0.15) is 32.6 Å². The highest BCUT2D eigenvalue weighted by atomic mass is 32.2. The Morgan fingerprint density at radius 2 is 1.86 bits per heavy atom. The number of anilines is 1. The van der Waals surface area contributed by atoms with Gasteiger partial charge in [0.15, 0.2) is 5.25 Å². The van der Waals surface area contributed by atoms with Gasteiger partial charge in [0.05, 0.1) is 6.10 Å². The fourth-order valence-electron chi connectivity index (χ4n) is 2.19. The molecule has 0 radical (unpaired) electrons. The van der Waals surface area contributed by atoms with E-state index in [1.165, 1.54) is 12.8 Å². The van der Waals surface area contributed by atoms with E-state index in [1.54, 1.807) is 24.3 Å². The summed E-state index contributed by atoms with van der Waals surface area (Å²) in [4.78, 5) is 10.7. The number of hydrogen-bond acceptors (Lipinski definition) is 4. The predicted molar refractivity (Wildman–Crippen MR) is 79.0 cm³/mol. The molecule has 1 aromatic carbocycles. The number of benzene rings is 1. The minimum Gasteiger partial charge on any atom is -0.490 e. The van der Waals surface area contributed by atoms with Crippen molar-refractivity contribution in [3.63, 3.8) is 0 Å². The second kappa shape index (κ2) is 6.34. The van der Waals surface area contributed by atoms with Gasteiger partial charge in [-0.25, -0.2) is 8.42 Å². The third-order valence-electron chi connectivity index (χ3n) is 3.53. The number of hydrogen-bond donors (Lipinski definition) is 2. The number of ether oxygens (including phenoxy) is 1. The van der Waals surface area contributed by atoms with Crippen molar-refractivity contribution in [1.82, 2.24) is 0 Å². The minimum atomic E-state index is -3.94. The zero-order chi connectivity index (χ0) is 15.5. The lowest BCUT2D eigenvalue weighted by Gasteiger charge is -2.14. The Balaban J connectivity index is 2.00. The maximum absolute atomic E-state index is 11.8. The summed E-state index contributed by atoms with van der Waals surface area (Å²) in [6.45, 7) is 1.13. The van der Waals surface area contributed by atoms with Crippen molar-refractivity contribution in [2.75, 3.05) is 4.72 Å². The highest BCUT2D eigenvalue weighted by Crippen LogP contribution is 2.25. The summed E-state index contributed by atoms with van der Waals surface area (Å²) >= 11 is 0. The summed E-state index contributed by atoms with van der Waals surface area (Å²) in [6, 6.07) is 6.50. The molecule has 1 saturated carbocycles. The lowest BCUT2D eigenvalue weighted by Crippen LogP contribution is -2.32. The first-order valence-electron chi connectivity index (χ1n) is 6.89. The third kappa shape index (κ3) is 4.10. The number of rotatable bonds is 6. The molecule has 1 aromatic rings. The zero-order valence-electron chi connectivity index (χ0n) is 11.8. The third-order valence-corrected chi connectivity index (χ3v) is 5.19. The summed E-state index contributed by atoms with van der Waals surface area (Å²) in [5.41, 5.74) is 0.321. The number of nitrogens with one attached hydrogen (secondary N) is 1. The first-order chi connectivity index (χ1) is 9.88. The Hall–Kier alpha value is -1.76. The molecule has 2 N–H and O–H groups in total. The van der Waals surface area contributed by atoms with Gasteiger partial charge < -0.3 is 9.84 Å². The van der Waals surface area contributed by atoms with Gasteiger partial charge in [0.2, 0.25) is 10.0 Å². The smallest absolute Gasteiger partial charge is 0.323 e. The first-order valence-corrected chi connectivity index (χ1v) is 8.44. The largest absolute Gasteiger partial charge is 0.490 e. The Morgan fingerprint density at radius 3 is 2.38 bits per heavy atom. The molecule has 7 heteroatoms. The molecular formula is C14H19NO5S. The average molecular weight is 313 g/mol. The van der Waals surface area contributed by atoms with Crippen LogP contribution >= 0.6 is 0 Å². The molecule has 1 aliphatic carbocycles. The Bertz CT molecular complexity index is 590. The van der Waals surface area contributed by atoms with Crippen LogP contribution < -0.4 is 9.46 Å². The van der Waals surface area contributed by atoms with Gasteiger partial charge in [-0.3, -0.25) is 9.52 Å². The monoisotopic (exact) mass is 313 g/mol. The van der Waals surface area contributed by atoms with E-state index in [2.05, 4.69) is 4.72 Å². The van der Waals surface area contributed by atoms with Crippen LogP contribution in [0, 0.1) is 0 Å². The molecule has 0 bridgehead atoms. The molecule has 1 unspecified atom stereocenters. The topological polar surface area (TPSA) is 92.7 Å². The van der Waals surface area contributed by atoms with Crippen molar-refractivity contribution in [3.05, 3.63) is 24.3 Å². The van der Waals surface area contributed by atoms with Crippen LogP contribution in [0.4, 0.5) is 5.69 Å². The molecule has 0 heterocycles. The van der Waals surface area contributed by atoms with Crippen LogP contribution in [0.2, 0.25) is 0 Å². The van der Waals surface area contributed by atoms with E-state index in [1.807, 2.05) is 0 Å². The summed E-state index contributed by atoms with van der Waals surface area (Å²) in [5, 5.41) is 7.25. The molecule has 0 aliphatic heterocycles. The average Bonchev–Trinajstić information content (AvgIpc) is 2.92. The summed E-state index contributed by atoms with van der Waals surface area (Å²) < 4.78 is 31.6. The van der Waals surface area contributed by atoms with Gasteiger partial charge in [0.25, 0.3) is 0 Å². The predicted octanol–water partition coefficient (Wildman–Crippen LogP) is 2.22. The number of sulfonamides is 1. The van der Waals surface area contributed by atoms with E-state index in [4.69, 9.17) is 9.84 Å². The van der Waals surface area contributed by atoms with E-state index >= 15 is 0 Å². The molecule has 1 fully saturated rings. The normalized spacial score (nSPS) is 17.4. The van der Waals surface area contributed by atoms with E-state index in [9.17, 15) is 13.2 Å². The molecule has 0 spiro atoms. The maximum atomic E-state index is 11.8. The van der Waals surface area contributed by atoms with Crippen LogP contribution in [0.5, 0.6) is 5.75 Å². The Morgan fingerprint density at radius 1 is 1.29 bits per heavy atom. The first kappa shape index (κ1) is 15.6. The Kier molecular flexibility index (Phi) is 4.72. The number of carboxylic acids is 1. The standard InChI is InChI=1S/C14H19NO5S/c1-10(14(16)17)21(18,19)15-11-6-8-13(9-7-11)20-12-4-2-3-5-12/h6-10,12,15H,2-5H2,1H3,(H,16,17). The second-order valence-electron chi connectivity index (χ2n) is 5.18. The van der Waals surface area contributed by atoms with Crippen molar-refractivity contribution in [1.29, 1.82) is 0 Å². The van der Waals surface area contributed by atoms with Crippen molar-refractivity contribution in [2.45, 2.75) is 44.0 Å². The van der Waals surface area contributed by atoms with Crippen molar-refractivity contribution in [2.24, 2.45) is 0 Å². The van der Waals surface area contributed by atoms with Gasteiger partial charge in [-0.2, -0.15) is 0 Å². The SMILES string of the molecule is CC(C(=O)O)S(=O)(=O)Nc1ccc(OC2CCCC2)cc1. The van der Waals surface area contributed by atoms with Gasteiger partial charge in [0.1, 0.15) is 5.75 Å². The van der Waals surface area contributed by atoms with Crippen molar-refractivity contribution in [3.8, 4) is 5.75 Å². The Labute approximate surface area is 124 Å². The lowest BCUT2D eigenvalue weighted by atomic mass is 10.3. The highest BCUT2D eigenvalue weighted by Gasteiger charge is 2.27. The molecule has 0 saturated heterocycles. The van der Waals surface area contributed by atoms with Gasteiger partial charge in [-0.1, -0.05) is 0 Å². The van der Waals surface area contributed by atoms with Crippen LogP contribution in [-0.4, -0.2) is 30.8 Å². The molecule has 21 heavy (non-hydrogen) atoms. The van der Waals surface area contributed by atoms with Crippen LogP contribution in [0.3, 0.4) is 0 Å². The minimum absolute atomic E-state index is 0.236. The van der Waals surface area contributed by atoms with E-state index in [0.717, 1.165) is 19.8 Å². The molecule has 6 nitrogen and oxygen atoms in total. The molecule has 1 aliphatic rings. The second-order valence-corrected chi connectivity index (χ2v) is 7.18. The number of carbonyl (C=O) groups is 1. The van der Waals surface area contributed by atoms with Gasteiger partial charge in [-0.05, 0) is 56.9 Å². The number of carboxylic acid groups (broad SMARTS) is 1. The molecule has 0 amide bonds. The fourth-order valence-corrected chi connectivity index (χ4v) is 3.09. The van der Waals surface area contributed by atoms with Gasteiger partial charge in [-0.15, -0.1) is 0 Å². The molecule has 2 rings (SSSR count). The van der Waals surface area contributed by atoms with Crippen molar-refractivity contribution < 1.29 is 23.1 Å². The summed E-state index contributed by atoms with van der Waals surface area (Å²) in [6.07, 6.45) is 4.68. The van der Waals surface area contributed by atoms with Crippen molar-refractivity contribution >= 4 is 21.7 Å². The van der Waals surface area contributed by atoms with E-state index in [0.29, 0.717) is 11.4 Å². The quantitative estimate of drug-likeness (QED) is 0.840. The highest BCUT2D eigenvalue weighted by molar-refractivity contribution is 7.94. The van der Waals surface area contributed by atoms with E-state index < -0.39 is 21.2 Å². The lowest BCUT2D eigenvalue weighted by molar-refractivity contribution is -0.136. The number of aliphatic carboxylic acids is 1. The molecule has 116 valence electrons. The van der Waals surface area contributed by atoms with Gasteiger partial charge in [0, 0.05) is 5.69 Å². The molecule has 1 atom stereocenters. The maximum Gasteiger partial charge on any atom is 0.323 e. The van der Waals surface area contributed by atoms with Gasteiger partial charge >= 0.3 is 5.97 Å². The summed E-state index contributed by atoms with van der Waals surface area (Å²) in [7, 11) is -3.94. The van der Waals surface area contributed by atoms with E-state index in [-0.39, 0.29) is 6.10 Å². The van der Waals surface area contributed by atoms with Crippen LogP contribution in [-0.2, 0) is 14.8 Å². The molecular weight excluding hydrogens is 294 g/mol. The molecule has 0 aromatic heterocycles. The van der Waals surface area contributed by atoms with Crippen LogP contribution in [0.25, 0.3) is 0 Å². The zero-order valence-corrected chi connectivity index (χ0v) is 12.6. The van der Waals surface area contributed by atoms with Crippen LogP contribution in [0.15, 0.2) is 24.3 Å². The fraction of sp³-hybridized carbons (Fsp3) is 0.500. The summed E-state index contributed by atoms with van der Waals surface area (Å²) in [5.74, 6) is -0.695.